The lowest BCUT2D eigenvalue weighted by Gasteiger charge is -2.45. The third-order valence-electron chi connectivity index (χ3n) is 8.65. The van der Waals surface area contributed by atoms with E-state index in [4.69, 9.17) is 9.16 Å². The maximum absolute atomic E-state index is 13.0. The molecule has 4 atom stereocenters. The first kappa shape index (κ1) is 33.8. The molecule has 0 aromatic rings. The van der Waals surface area contributed by atoms with Crippen molar-refractivity contribution in [2.75, 3.05) is 0 Å². The minimum absolute atomic E-state index is 0.0374. The number of allylic oxidation sites excluding steroid dienone is 2. The molecule has 0 aromatic heterocycles. The molecule has 6 heteroatoms. The minimum atomic E-state index is -1.96. The van der Waals surface area contributed by atoms with Gasteiger partial charge >= 0.3 is 0 Å². The highest BCUT2D eigenvalue weighted by molar-refractivity contribution is 9.09. The van der Waals surface area contributed by atoms with Crippen molar-refractivity contribution in [3.63, 3.8) is 0 Å². The van der Waals surface area contributed by atoms with Gasteiger partial charge in [0.2, 0.25) is 0 Å². The van der Waals surface area contributed by atoms with Crippen LogP contribution in [0.15, 0.2) is 12.2 Å². The summed E-state index contributed by atoms with van der Waals surface area (Å²) < 4.78 is 13.2. The Kier molecular flexibility index (Phi) is 13.4. The van der Waals surface area contributed by atoms with Crippen LogP contribution in [0.4, 0.5) is 0 Å². The van der Waals surface area contributed by atoms with Crippen molar-refractivity contribution in [1.82, 2.24) is 0 Å². The van der Waals surface area contributed by atoms with Crippen molar-refractivity contribution in [1.29, 1.82) is 0 Å². The van der Waals surface area contributed by atoms with Gasteiger partial charge in [-0.05, 0) is 60.1 Å². The summed E-state index contributed by atoms with van der Waals surface area (Å²) in [6, 6.07) is 0. The Bertz CT molecular complexity index is 764. The SMILES string of the molecule is CC[C@H]1O[C@H](CC(=O)CC/C=C\C#C[Si](C(C)C)(C(C)C)C(C)C)[C@H](O[Si](C)(C)C(C)(C)C)C[C@@H]1Br. The van der Waals surface area contributed by atoms with Crippen molar-refractivity contribution in [2.45, 2.75) is 159 Å². The van der Waals surface area contributed by atoms with E-state index in [2.05, 4.69) is 116 Å². The third kappa shape index (κ3) is 8.94. The molecule has 36 heavy (non-hydrogen) atoms. The summed E-state index contributed by atoms with van der Waals surface area (Å²) >= 11 is 3.82. The topological polar surface area (TPSA) is 35.5 Å². The van der Waals surface area contributed by atoms with Gasteiger partial charge in [-0.15, -0.1) is 5.54 Å². The summed E-state index contributed by atoms with van der Waals surface area (Å²) in [5.41, 5.74) is 5.60. The standard InChI is InChI=1S/C30H55BrO3Si2/c1-13-27-26(31)21-29(34-35(11,12)30(8,9)10)28(33-27)20-25(32)18-16-14-15-17-19-36(22(2)3,23(4)5)24(6)7/h14-15,22-24,26-29H,13,16,18,20-21H2,1-12H3/b15-14-/t26-,27+,28+,29+/m0/s1. The molecule has 0 bridgehead atoms. The van der Waals surface area contributed by atoms with Crippen LogP contribution in [0.2, 0.25) is 34.8 Å². The van der Waals surface area contributed by atoms with E-state index in [0.29, 0.717) is 29.5 Å². The van der Waals surface area contributed by atoms with Gasteiger partial charge in [0.1, 0.15) is 13.9 Å². The molecule has 1 aliphatic rings. The first-order chi connectivity index (χ1) is 16.5. The summed E-state index contributed by atoms with van der Waals surface area (Å²) in [7, 11) is -3.67. The summed E-state index contributed by atoms with van der Waals surface area (Å²) in [6.45, 7) is 27.5. The van der Waals surface area contributed by atoms with Crippen molar-refractivity contribution in [3.8, 4) is 11.5 Å². The van der Waals surface area contributed by atoms with E-state index >= 15 is 0 Å². The van der Waals surface area contributed by atoms with Crippen molar-refractivity contribution in [3.05, 3.63) is 12.2 Å². The van der Waals surface area contributed by atoms with E-state index in [-0.39, 0.29) is 34.0 Å². The second-order valence-corrected chi connectivity index (χ2v) is 24.7. The van der Waals surface area contributed by atoms with E-state index in [1.165, 1.54) is 0 Å². The number of rotatable bonds is 11. The average molecular weight is 600 g/mol. The van der Waals surface area contributed by atoms with Gasteiger partial charge in [0.25, 0.3) is 0 Å². The Balaban J connectivity index is 2.82. The molecule has 0 aliphatic carbocycles. The number of alkyl halides is 1. The number of ketones is 1. The molecule has 1 aliphatic heterocycles. The molecular weight excluding hydrogens is 544 g/mol. The average Bonchev–Trinajstić information content (AvgIpc) is 2.73. The van der Waals surface area contributed by atoms with Crippen LogP contribution >= 0.6 is 15.9 Å². The summed E-state index contributed by atoms with van der Waals surface area (Å²) in [4.78, 5) is 13.2. The molecule has 1 rings (SSSR count). The first-order valence-corrected chi connectivity index (χ1v) is 20.2. The number of ether oxygens (including phenoxy) is 1. The molecule has 0 unspecified atom stereocenters. The van der Waals surface area contributed by atoms with Crippen LogP contribution < -0.4 is 0 Å². The zero-order valence-corrected chi connectivity index (χ0v) is 28.9. The smallest absolute Gasteiger partial charge is 0.192 e. The highest BCUT2D eigenvalue weighted by Crippen LogP contribution is 2.42. The van der Waals surface area contributed by atoms with E-state index < -0.39 is 16.4 Å². The number of hydrogen-bond acceptors (Lipinski definition) is 3. The van der Waals surface area contributed by atoms with Crippen molar-refractivity contribution in [2.24, 2.45) is 0 Å². The van der Waals surface area contributed by atoms with Gasteiger partial charge in [-0.25, -0.2) is 0 Å². The van der Waals surface area contributed by atoms with Gasteiger partial charge < -0.3 is 9.16 Å². The van der Waals surface area contributed by atoms with Crippen molar-refractivity contribution < 1.29 is 14.0 Å². The maximum atomic E-state index is 13.0. The Morgan fingerprint density at radius 3 is 2.11 bits per heavy atom. The second-order valence-electron chi connectivity index (χ2n) is 13.1. The molecule has 0 spiro atoms. The highest BCUT2D eigenvalue weighted by atomic mass is 79.9. The first-order valence-electron chi connectivity index (χ1n) is 14.2. The molecule has 0 radical (unpaired) electrons. The van der Waals surface area contributed by atoms with Gasteiger partial charge in [0.05, 0.1) is 18.3 Å². The second kappa shape index (κ2) is 14.3. The Morgan fingerprint density at radius 1 is 1.08 bits per heavy atom. The van der Waals surface area contributed by atoms with Gasteiger partial charge in [-0.3, -0.25) is 4.79 Å². The van der Waals surface area contributed by atoms with E-state index in [1.54, 1.807) is 0 Å². The van der Waals surface area contributed by atoms with Crippen LogP contribution in [0.3, 0.4) is 0 Å². The summed E-state index contributed by atoms with van der Waals surface area (Å²) in [6.07, 6.45) is 7.49. The van der Waals surface area contributed by atoms with Crippen LogP contribution in [-0.4, -0.2) is 45.3 Å². The van der Waals surface area contributed by atoms with Crippen LogP contribution in [0.25, 0.3) is 0 Å². The molecular formula is C30H55BrO3Si2. The van der Waals surface area contributed by atoms with Crippen LogP contribution in [0.1, 0.15) is 101 Å². The Labute approximate surface area is 234 Å². The molecule has 208 valence electrons. The molecule has 1 saturated heterocycles. The van der Waals surface area contributed by atoms with Gasteiger partial charge in [0.15, 0.2) is 8.32 Å². The lowest BCUT2D eigenvalue weighted by atomic mass is 9.95. The molecule has 3 nitrogen and oxygen atoms in total. The lowest BCUT2D eigenvalue weighted by molar-refractivity contribution is -0.135. The maximum Gasteiger partial charge on any atom is 0.192 e. The zero-order chi connectivity index (χ0) is 27.9. The normalized spacial score (nSPS) is 24.0. The number of hydrogen-bond donors (Lipinski definition) is 0. The lowest BCUT2D eigenvalue weighted by Crippen LogP contribution is -2.53. The number of carbonyl (C=O) groups excluding carboxylic acids is 1. The molecule has 0 amide bonds. The van der Waals surface area contributed by atoms with E-state index in [1.807, 2.05) is 6.08 Å². The molecule has 0 N–H and O–H groups in total. The Morgan fingerprint density at radius 2 is 1.64 bits per heavy atom. The summed E-state index contributed by atoms with van der Waals surface area (Å²) in [5, 5.41) is 0.123. The third-order valence-corrected chi connectivity index (χ3v) is 20.4. The van der Waals surface area contributed by atoms with Gasteiger partial charge in [0, 0.05) is 17.7 Å². The van der Waals surface area contributed by atoms with Crippen LogP contribution in [0.5, 0.6) is 0 Å². The molecule has 1 heterocycles. The number of carbonyl (C=O) groups is 1. The predicted molar refractivity (Wildman–Crippen MR) is 165 cm³/mol. The van der Waals surface area contributed by atoms with E-state index in [0.717, 1.165) is 19.3 Å². The molecule has 1 fully saturated rings. The minimum Gasteiger partial charge on any atom is -0.411 e. The van der Waals surface area contributed by atoms with Crippen LogP contribution in [-0.2, 0) is 14.0 Å². The fourth-order valence-corrected chi connectivity index (χ4v) is 12.9. The van der Waals surface area contributed by atoms with Crippen molar-refractivity contribution >= 4 is 38.1 Å². The monoisotopic (exact) mass is 598 g/mol. The Hall–Kier alpha value is -0.196. The highest BCUT2D eigenvalue weighted by Gasteiger charge is 2.45. The number of Topliss-reactive ketones (excluding diaryl/α,β-unsaturated/α-hetero) is 1. The van der Waals surface area contributed by atoms with E-state index in [9.17, 15) is 4.79 Å². The predicted octanol–water partition coefficient (Wildman–Crippen LogP) is 9.22. The number of halogens is 1. The summed E-state index contributed by atoms with van der Waals surface area (Å²) in [5.74, 6) is 3.61. The van der Waals surface area contributed by atoms with Gasteiger partial charge in [-0.2, -0.15) is 0 Å². The largest absolute Gasteiger partial charge is 0.411 e. The fraction of sp³-hybridized carbons (Fsp3) is 0.833. The van der Waals surface area contributed by atoms with Gasteiger partial charge in [-0.1, -0.05) is 97.2 Å². The van der Waals surface area contributed by atoms with Crippen LogP contribution in [0, 0.1) is 11.5 Å². The fourth-order valence-electron chi connectivity index (χ4n) is 5.45. The quantitative estimate of drug-likeness (QED) is 0.135. The molecule has 0 saturated carbocycles. The molecule has 0 aromatic carbocycles. The zero-order valence-electron chi connectivity index (χ0n) is 25.3.